The molecule has 20 heavy (non-hydrogen) atoms. The summed E-state index contributed by atoms with van der Waals surface area (Å²) in [6, 6.07) is 7.59. The molecule has 102 valence electrons. The van der Waals surface area contributed by atoms with Crippen molar-refractivity contribution in [1.29, 1.82) is 0 Å². The van der Waals surface area contributed by atoms with Gasteiger partial charge in [-0.3, -0.25) is 9.59 Å². The van der Waals surface area contributed by atoms with Crippen LogP contribution in [-0.2, 0) is 19.9 Å². The van der Waals surface area contributed by atoms with Gasteiger partial charge in [-0.25, -0.2) is 4.90 Å². The van der Waals surface area contributed by atoms with Crippen LogP contribution in [0.2, 0.25) is 0 Å². The number of amides is 2. The Hall–Kier alpha value is -1.68. The van der Waals surface area contributed by atoms with Gasteiger partial charge in [0.1, 0.15) is 0 Å². The lowest BCUT2D eigenvalue weighted by Gasteiger charge is -2.54. The molecule has 1 aromatic carbocycles. The number of benzene rings is 1. The number of hydrogen-bond acceptors (Lipinski definition) is 3. The second-order valence-corrected chi connectivity index (χ2v) is 6.54. The molecule has 2 aliphatic carbocycles. The Morgan fingerprint density at radius 2 is 1.90 bits per heavy atom. The van der Waals surface area contributed by atoms with Crippen LogP contribution in [0.1, 0.15) is 38.2 Å². The van der Waals surface area contributed by atoms with Crippen molar-refractivity contribution in [3.05, 3.63) is 29.8 Å². The Balaban J connectivity index is 1.76. The number of carbonyl (C=O) groups excluding carboxylic acids is 2. The summed E-state index contributed by atoms with van der Waals surface area (Å²) in [6.45, 7) is 1.44. The van der Waals surface area contributed by atoms with Gasteiger partial charge in [-0.1, -0.05) is 18.2 Å². The molecule has 0 aromatic heterocycles. The molecule has 4 aliphatic rings. The molecule has 4 nitrogen and oxygen atoms in total. The molecule has 1 saturated heterocycles. The molecule has 4 heteroatoms. The fourth-order valence-corrected chi connectivity index (χ4v) is 4.61. The van der Waals surface area contributed by atoms with Crippen LogP contribution in [0.3, 0.4) is 0 Å². The molecule has 0 N–H and O–H groups in total. The molecule has 1 atom stereocenters. The number of imide groups is 1. The molecule has 2 amide bonds. The molecule has 5 rings (SSSR count). The van der Waals surface area contributed by atoms with Crippen LogP contribution < -0.4 is 4.90 Å². The van der Waals surface area contributed by atoms with Gasteiger partial charge in [-0.05, 0) is 31.7 Å². The molecule has 3 spiro atoms. The smallest absolute Gasteiger partial charge is 0.271 e. The molecule has 3 fully saturated rings. The van der Waals surface area contributed by atoms with Crippen LogP contribution in [0.4, 0.5) is 5.69 Å². The van der Waals surface area contributed by atoms with E-state index in [0.717, 1.165) is 31.2 Å². The van der Waals surface area contributed by atoms with E-state index in [1.807, 2.05) is 24.3 Å². The first-order valence-electron chi connectivity index (χ1n) is 7.23. The summed E-state index contributed by atoms with van der Waals surface area (Å²) in [5.41, 5.74) is 0.660. The predicted octanol–water partition coefficient (Wildman–Crippen LogP) is 2.12. The summed E-state index contributed by atoms with van der Waals surface area (Å²) in [5, 5.41) is 0. The normalized spacial score (nSPS) is 33.5. The maximum absolute atomic E-state index is 13.0. The lowest BCUT2D eigenvalue weighted by atomic mass is 9.68. The van der Waals surface area contributed by atoms with Gasteiger partial charge in [0.05, 0.1) is 11.3 Å². The van der Waals surface area contributed by atoms with Gasteiger partial charge < -0.3 is 4.74 Å². The Bertz CT molecular complexity index is 687. The fraction of sp³-hybridized carbons (Fsp3) is 0.500. The number of hydrogen-bond donors (Lipinski definition) is 0. The zero-order valence-electron chi connectivity index (χ0n) is 11.3. The van der Waals surface area contributed by atoms with Crippen LogP contribution in [-0.4, -0.2) is 17.4 Å². The van der Waals surface area contributed by atoms with Crippen molar-refractivity contribution in [2.75, 3.05) is 4.90 Å². The maximum atomic E-state index is 13.0. The van der Waals surface area contributed by atoms with E-state index < -0.39 is 5.60 Å². The average Bonchev–Trinajstić information content (AvgIpc) is 3.29. The van der Waals surface area contributed by atoms with E-state index in [4.69, 9.17) is 4.74 Å². The standard InChI is InChI=1S/C16H15NO3/c1-10(18)17-12-5-3-2-4-11(12)16(13(17)19)14(6-7-14)15(20-16)8-9-15/h2-5H,6-9H2,1H3. The van der Waals surface area contributed by atoms with Gasteiger partial charge in [-0.2, -0.15) is 0 Å². The molecular weight excluding hydrogens is 254 g/mol. The number of carbonyl (C=O) groups is 2. The van der Waals surface area contributed by atoms with Crippen molar-refractivity contribution in [3.8, 4) is 0 Å². The Kier molecular flexibility index (Phi) is 1.57. The molecule has 0 bridgehead atoms. The minimum absolute atomic E-state index is 0.0304. The maximum Gasteiger partial charge on any atom is 0.271 e. The predicted molar refractivity (Wildman–Crippen MR) is 71.0 cm³/mol. The van der Waals surface area contributed by atoms with Crippen LogP contribution >= 0.6 is 0 Å². The van der Waals surface area contributed by atoms with Crippen molar-refractivity contribution < 1.29 is 14.3 Å². The lowest BCUT2D eigenvalue weighted by Crippen LogP contribution is -2.66. The molecular formula is C16H15NO3. The Labute approximate surface area is 116 Å². The first kappa shape index (κ1) is 11.0. The third-order valence-electron chi connectivity index (χ3n) is 5.69. The minimum Gasteiger partial charge on any atom is -0.352 e. The highest BCUT2D eigenvalue weighted by atomic mass is 16.6. The molecule has 1 aromatic rings. The summed E-state index contributed by atoms with van der Waals surface area (Å²) in [6.07, 6.45) is 4.20. The topological polar surface area (TPSA) is 46.6 Å². The van der Waals surface area contributed by atoms with E-state index in [1.54, 1.807) is 0 Å². The number of fused-ring (bicyclic) bond motifs is 4. The number of nitrogens with zero attached hydrogens (tertiary/aromatic N) is 1. The monoisotopic (exact) mass is 269 g/mol. The van der Waals surface area contributed by atoms with Crippen LogP contribution in [0.5, 0.6) is 0 Å². The van der Waals surface area contributed by atoms with Crippen molar-refractivity contribution in [2.24, 2.45) is 5.41 Å². The molecule has 2 aliphatic heterocycles. The van der Waals surface area contributed by atoms with Crippen molar-refractivity contribution in [3.63, 3.8) is 0 Å². The zero-order valence-corrected chi connectivity index (χ0v) is 11.3. The van der Waals surface area contributed by atoms with Gasteiger partial charge in [-0.15, -0.1) is 0 Å². The lowest BCUT2D eigenvalue weighted by molar-refractivity contribution is -0.284. The highest BCUT2D eigenvalue weighted by Crippen LogP contribution is 2.84. The van der Waals surface area contributed by atoms with Gasteiger partial charge in [0.25, 0.3) is 5.91 Å². The number of anilines is 1. The van der Waals surface area contributed by atoms with Crippen LogP contribution in [0, 0.1) is 5.41 Å². The number of ether oxygens (including phenoxy) is 1. The quantitative estimate of drug-likeness (QED) is 0.724. The van der Waals surface area contributed by atoms with Gasteiger partial charge in [0.15, 0.2) is 5.60 Å². The summed E-state index contributed by atoms with van der Waals surface area (Å²) < 4.78 is 6.24. The van der Waals surface area contributed by atoms with Crippen molar-refractivity contribution >= 4 is 17.5 Å². The molecule has 1 unspecified atom stereocenters. The van der Waals surface area contributed by atoms with E-state index in [1.165, 1.54) is 11.8 Å². The van der Waals surface area contributed by atoms with Crippen LogP contribution in [0.15, 0.2) is 24.3 Å². The third kappa shape index (κ3) is 0.845. The van der Waals surface area contributed by atoms with Gasteiger partial charge >= 0.3 is 0 Å². The first-order chi connectivity index (χ1) is 9.58. The van der Waals surface area contributed by atoms with Gasteiger partial charge in [0, 0.05) is 17.9 Å². The van der Waals surface area contributed by atoms with E-state index in [2.05, 4.69) is 0 Å². The average molecular weight is 269 g/mol. The Morgan fingerprint density at radius 3 is 2.50 bits per heavy atom. The zero-order chi connectivity index (χ0) is 13.8. The first-order valence-corrected chi connectivity index (χ1v) is 7.23. The second-order valence-electron chi connectivity index (χ2n) is 6.54. The number of rotatable bonds is 0. The second kappa shape index (κ2) is 2.84. The summed E-state index contributed by atoms with van der Waals surface area (Å²) >= 11 is 0. The largest absolute Gasteiger partial charge is 0.352 e. The SMILES string of the molecule is CC(=O)N1C(=O)C2(OC3(CC3)C23CC3)c2ccccc21. The minimum atomic E-state index is -0.869. The number of para-hydroxylation sites is 1. The molecule has 0 radical (unpaired) electrons. The van der Waals surface area contributed by atoms with Crippen molar-refractivity contribution in [1.82, 2.24) is 0 Å². The van der Waals surface area contributed by atoms with E-state index in [-0.39, 0.29) is 22.8 Å². The Morgan fingerprint density at radius 1 is 1.20 bits per heavy atom. The fourth-order valence-electron chi connectivity index (χ4n) is 4.61. The molecule has 2 heterocycles. The molecule has 2 saturated carbocycles. The highest BCUT2D eigenvalue weighted by molar-refractivity contribution is 6.22. The van der Waals surface area contributed by atoms with Crippen molar-refractivity contribution in [2.45, 2.75) is 43.8 Å². The third-order valence-corrected chi connectivity index (χ3v) is 5.69. The summed E-state index contributed by atoms with van der Waals surface area (Å²) in [5.74, 6) is -0.392. The van der Waals surface area contributed by atoms with E-state index in [9.17, 15) is 9.59 Å². The summed E-state index contributed by atoms with van der Waals surface area (Å²) in [7, 11) is 0. The van der Waals surface area contributed by atoms with E-state index in [0.29, 0.717) is 5.69 Å². The van der Waals surface area contributed by atoms with Crippen LogP contribution in [0.25, 0.3) is 0 Å². The summed E-state index contributed by atoms with van der Waals surface area (Å²) in [4.78, 5) is 26.2. The van der Waals surface area contributed by atoms with Gasteiger partial charge in [0.2, 0.25) is 5.91 Å². The van der Waals surface area contributed by atoms with E-state index >= 15 is 0 Å². The highest BCUT2D eigenvalue weighted by Gasteiger charge is 2.89.